The molecule has 1 heterocycles. The average Bonchev–Trinajstić information content (AvgIpc) is 2.64. The number of benzene rings is 2. The van der Waals surface area contributed by atoms with Gasteiger partial charge in [-0.25, -0.2) is 9.59 Å². The summed E-state index contributed by atoms with van der Waals surface area (Å²) in [5, 5.41) is 19.1. The standard InChI is InChI=1S/C20H16O5S/c21-16-12-17(14-6-8-15(9-7-14)19(22)23)25-20(24)18(16)26-11-10-13-4-2-1-3-5-13/h1-9,12,21H,10-11H2,(H,22,23). The molecule has 0 aliphatic rings. The van der Waals surface area contributed by atoms with Gasteiger partial charge in [0.2, 0.25) is 0 Å². The van der Waals surface area contributed by atoms with Crippen LogP contribution in [0.4, 0.5) is 0 Å². The van der Waals surface area contributed by atoms with Crippen LogP contribution in [0.3, 0.4) is 0 Å². The molecule has 0 spiro atoms. The van der Waals surface area contributed by atoms with Crippen molar-refractivity contribution in [1.82, 2.24) is 0 Å². The van der Waals surface area contributed by atoms with Crippen molar-refractivity contribution in [3.8, 4) is 17.1 Å². The van der Waals surface area contributed by atoms with E-state index in [4.69, 9.17) is 9.52 Å². The fraction of sp³-hybridized carbons (Fsp3) is 0.100. The highest BCUT2D eigenvalue weighted by Gasteiger charge is 2.13. The van der Waals surface area contributed by atoms with Crippen LogP contribution in [0.15, 0.2) is 74.8 Å². The normalized spacial score (nSPS) is 10.6. The molecule has 0 saturated carbocycles. The van der Waals surface area contributed by atoms with Crippen LogP contribution < -0.4 is 5.63 Å². The third-order valence-electron chi connectivity index (χ3n) is 3.78. The van der Waals surface area contributed by atoms with Gasteiger partial charge < -0.3 is 14.6 Å². The van der Waals surface area contributed by atoms with Crippen LogP contribution >= 0.6 is 11.8 Å². The molecule has 0 radical (unpaired) electrons. The van der Waals surface area contributed by atoms with Crippen molar-refractivity contribution in [3.05, 3.63) is 82.2 Å². The summed E-state index contributed by atoms with van der Waals surface area (Å²) in [6.07, 6.45) is 0.767. The number of aromatic hydroxyl groups is 1. The van der Waals surface area contributed by atoms with Crippen molar-refractivity contribution in [2.24, 2.45) is 0 Å². The average molecular weight is 368 g/mol. The number of thioether (sulfide) groups is 1. The zero-order chi connectivity index (χ0) is 18.5. The minimum Gasteiger partial charge on any atom is -0.506 e. The summed E-state index contributed by atoms with van der Waals surface area (Å²) in [5.74, 6) is -0.353. The Morgan fingerprint density at radius 1 is 1.04 bits per heavy atom. The predicted molar refractivity (Wildman–Crippen MR) is 99.9 cm³/mol. The molecule has 0 aliphatic heterocycles. The summed E-state index contributed by atoms with van der Waals surface area (Å²) in [5.41, 5.74) is 1.19. The van der Waals surface area contributed by atoms with Crippen LogP contribution in [-0.4, -0.2) is 21.9 Å². The maximum Gasteiger partial charge on any atom is 0.353 e. The molecule has 2 aromatic carbocycles. The Hall–Kier alpha value is -2.99. The van der Waals surface area contributed by atoms with Gasteiger partial charge in [-0.1, -0.05) is 42.5 Å². The highest BCUT2D eigenvalue weighted by atomic mass is 32.2. The number of rotatable bonds is 6. The van der Waals surface area contributed by atoms with E-state index in [1.54, 1.807) is 0 Å². The number of aromatic carboxylic acids is 1. The zero-order valence-electron chi connectivity index (χ0n) is 13.7. The Bertz CT molecular complexity index is 962. The minimum absolute atomic E-state index is 0.133. The van der Waals surface area contributed by atoms with Gasteiger partial charge in [0, 0.05) is 17.4 Å². The van der Waals surface area contributed by atoms with Crippen LogP contribution in [0.5, 0.6) is 5.75 Å². The minimum atomic E-state index is -1.04. The second-order valence-electron chi connectivity index (χ2n) is 5.58. The molecule has 0 fully saturated rings. The number of hydrogen-bond acceptors (Lipinski definition) is 5. The van der Waals surface area contributed by atoms with Crippen LogP contribution in [-0.2, 0) is 6.42 Å². The number of hydrogen-bond donors (Lipinski definition) is 2. The Kier molecular flexibility index (Phi) is 5.43. The first-order valence-electron chi connectivity index (χ1n) is 7.92. The quantitative estimate of drug-likeness (QED) is 0.638. The summed E-state index contributed by atoms with van der Waals surface area (Å²) >= 11 is 1.24. The van der Waals surface area contributed by atoms with Gasteiger partial charge in [-0.2, -0.15) is 0 Å². The molecule has 6 heteroatoms. The van der Waals surface area contributed by atoms with Gasteiger partial charge in [0.05, 0.1) is 5.56 Å². The second kappa shape index (κ2) is 7.93. The maximum atomic E-state index is 12.2. The highest BCUT2D eigenvalue weighted by molar-refractivity contribution is 7.99. The van der Waals surface area contributed by atoms with Gasteiger partial charge in [0.25, 0.3) is 0 Å². The van der Waals surface area contributed by atoms with Gasteiger partial charge >= 0.3 is 11.6 Å². The number of carboxylic acids is 1. The molecule has 0 unspecified atom stereocenters. The van der Waals surface area contributed by atoms with Gasteiger partial charge in [-0.15, -0.1) is 11.8 Å². The third-order valence-corrected chi connectivity index (χ3v) is 4.86. The summed E-state index contributed by atoms with van der Waals surface area (Å²) < 4.78 is 5.29. The molecule has 1 aromatic heterocycles. The van der Waals surface area contributed by atoms with Crippen molar-refractivity contribution in [2.75, 3.05) is 5.75 Å². The van der Waals surface area contributed by atoms with E-state index in [0.29, 0.717) is 11.3 Å². The van der Waals surface area contributed by atoms with Crippen molar-refractivity contribution in [3.63, 3.8) is 0 Å². The number of carboxylic acid groups (broad SMARTS) is 1. The largest absolute Gasteiger partial charge is 0.506 e. The lowest BCUT2D eigenvalue weighted by molar-refractivity contribution is 0.0697. The molecule has 0 amide bonds. The first-order chi connectivity index (χ1) is 12.5. The first kappa shape index (κ1) is 17.8. The molecule has 0 bridgehead atoms. The van der Waals surface area contributed by atoms with Crippen LogP contribution in [0, 0.1) is 0 Å². The van der Waals surface area contributed by atoms with Crippen LogP contribution in [0.1, 0.15) is 15.9 Å². The molecule has 26 heavy (non-hydrogen) atoms. The maximum absolute atomic E-state index is 12.2. The fourth-order valence-electron chi connectivity index (χ4n) is 2.44. The van der Waals surface area contributed by atoms with Crippen molar-refractivity contribution >= 4 is 17.7 Å². The van der Waals surface area contributed by atoms with E-state index in [0.717, 1.165) is 12.0 Å². The monoisotopic (exact) mass is 368 g/mol. The van der Waals surface area contributed by atoms with Crippen molar-refractivity contribution < 1.29 is 19.4 Å². The van der Waals surface area contributed by atoms with Gasteiger partial charge in [-0.05, 0) is 24.1 Å². The highest BCUT2D eigenvalue weighted by Crippen LogP contribution is 2.30. The topological polar surface area (TPSA) is 87.7 Å². The lowest BCUT2D eigenvalue weighted by atomic mass is 10.1. The van der Waals surface area contributed by atoms with Crippen LogP contribution in [0.25, 0.3) is 11.3 Å². The van der Waals surface area contributed by atoms with E-state index in [1.165, 1.54) is 42.1 Å². The molecule has 132 valence electrons. The Morgan fingerprint density at radius 3 is 2.35 bits per heavy atom. The van der Waals surface area contributed by atoms with Crippen molar-refractivity contribution in [1.29, 1.82) is 0 Å². The van der Waals surface area contributed by atoms with E-state index in [1.807, 2.05) is 30.3 Å². The number of carbonyl (C=O) groups is 1. The molecular weight excluding hydrogens is 352 g/mol. The lowest BCUT2D eigenvalue weighted by Gasteiger charge is -2.06. The molecule has 2 N–H and O–H groups in total. The number of aryl methyl sites for hydroxylation is 1. The third kappa shape index (κ3) is 4.15. The van der Waals surface area contributed by atoms with Gasteiger partial charge in [-0.3, -0.25) is 0 Å². The van der Waals surface area contributed by atoms with Gasteiger partial charge in [0.15, 0.2) is 0 Å². The van der Waals surface area contributed by atoms with E-state index >= 15 is 0 Å². The molecular formula is C20H16O5S. The SMILES string of the molecule is O=C(O)c1ccc(-c2cc(O)c(SCCc3ccccc3)c(=O)o2)cc1. The molecule has 0 aliphatic carbocycles. The zero-order valence-corrected chi connectivity index (χ0v) is 14.5. The van der Waals surface area contributed by atoms with E-state index in [9.17, 15) is 14.7 Å². The fourth-order valence-corrected chi connectivity index (χ4v) is 3.35. The summed E-state index contributed by atoms with van der Waals surface area (Å²) in [6.45, 7) is 0. The smallest absolute Gasteiger partial charge is 0.353 e. The predicted octanol–water partition coefficient (Wildman–Crippen LogP) is 4.05. The Balaban J connectivity index is 1.75. The Labute approximate surface area is 153 Å². The lowest BCUT2D eigenvalue weighted by Crippen LogP contribution is -2.04. The summed E-state index contributed by atoms with van der Waals surface area (Å²) in [7, 11) is 0. The van der Waals surface area contributed by atoms with Gasteiger partial charge in [0.1, 0.15) is 16.4 Å². The van der Waals surface area contributed by atoms with E-state index in [2.05, 4.69) is 0 Å². The van der Waals surface area contributed by atoms with E-state index < -0.39 is 11.6 Å². The second-order valence-corrected chi connectivity index (χ2v) is 6.68. The molecule has 0 saturated heterocycles. The van der Waals surface area contributed by atoms with E-state index in [-0.39, 0.29) is 22.0 Å². The molecule has 5 nitrogen and oxygen atoms in total. The van der Waals surface area contributed by atoms with Crippen molar-refractivity contribution in [2.45, 2.75) is 11.3 Å². The first-order valence-corrected chi connectivity index (χ1v) is 8.91. The molecule has 0 atom stereocenters. The Morgan fingerprint density at radius 2 is 1.73 bits per heavy atom. The summed E-state index contributed by atoms with van der Waals surface area (Å²) in [4.78, 5) is 23.3. The molecule has 3 aromatic rings. The summed E-state index contributed by atoms with van der Waals surface area (Å²) in [6, 6.07) is 17.1. The van der Waals surface area contributed by atoms with Crippen LogP contribution in [0.2, 0.25) is 0 Å². The molecule has 3 rings (SSSR count).